The highest BCUT2D eigenvalue weighted by atomic mass is 32.2. The van der Waals surface area contributed by atoms with E-state index >= 15 is 0 Å². The summed E-state index contributed by atoms with van der Waals surface area (Å²) in [5, 5.41) is 13.2. The van der Waals surface area contributed by atoms with E-state index in [1.807, 2.05) is 41.2 Å². The van der Waals surface area contributed by atoms with E-state index in [1.165, 1.54) is 11.8 Å². The Kier molecular flexibility index (Phi) is 8.57. The molecule has 0 atom stereocenters. The summed E-state index contributed by atoms with van der Waals surface area (Å²) in [4.78, 5) is 9.04. The van der Waals surface area contributed by atoms with Gasteiger partial charge in [-0.25, -0.2) is 18.4 Å². The van der Waals surface area contributed by atoms with Gasteiger partial charge in [0.2, 0.25) is 0 Å². The summed E-state index contributed by atoms with van der Waals surface area (Å²) < 4.78 is 30.2. The number of methoxy groups -OCH3 is 1. The third-order valence-corrected chi connectivity index (χ3v) is 7.76. The van der Waals surface area contributed by atoms with Gasteiger partial charge in [0, 0.05) is 29.3 Å². The topological polar surface area (TPSA) is 111 Å². The quantitative estimate of drug-likeness (QED) is 0.200. The monoisotopic (exact) mass is 558 g/mol. The van der Waals surface area contributed by atoms with E-state index in [0.29, 0.717) is 12.4 Å². The van der Waals surface area contributed by atoms with Gasteiger partial charge in [-0.15, -0.1) is 0 Å². The zero-order chi connectivity index (χ0) is 28.0. The normalized spacial score (nSPS) is 11.8. The molecule has 0 fully saturated rings. The van der Waals surface area contributed by atoms with Crippen LogP contribution in [-0.2, 0) is 22.8 Å². The first-order chi connectivity index (χ1) is 19.4. The third kappa shape index (κ3) is 6.94. The molecule has 0 spiro atoms. The highest BCUT2D eigenvalue weighted by Gasteiger charge is 2.12. The molecule has 10 heteroatoms. The molecule has 2 N–H and O–H groups in total. The Morgan fingerprint density at radius 1 is 0.975 bits per heavy atom. The average Bonchev–Trinajstić information content (AvgIpc) is 3.34. The lowest BCUT2D eigenvalue weighted by atomic mass is 10.0. The molecule has 0 amide bonds. The second-order valence-electron chi connectivity index (χ2n) is 9.93. The second kappa shape index (κ2) is 12.4. The van der Waals surface area contributed by atoms with E-state index in [9.17, 15) is 8.42 Å². The van der Waals surface area contributed by atoms with Gasteiger partial charge in [0.25, 0.3) is 0 Å². The van der Waals surface area contributed by atoms with E-state index in [-0.39, 0.29) is 5.75 Å². The van der Waals surface area contributed by atoms with Crippen LogP contribution in [0.4, 0.5) is 11.5 Å². The number of unbranched alkanes of at least 4 members (excludes halogenated alkanes) is 1. The number of rotatable bonds is 13. The Morgan fingerprint density at radius 3 is 2.62 bits per heavy atom. The summed E-state index contributed by atoms with van der Waals surface area (Å²) >= 11 is 0. The lowest BCUT2D eigenvalue weighted by molar-refractivity contribution is 0.409. The van der Waals surface area contributed by atoms with Crippen LogP contribution in [0.2, 0.25) is 0 Å². The lowest BCUT2D eigenvalue weighted by Crippen LogP contribution is -2.23. The predicted molar refractivity (Wildman–Crippen MR) is 160 cm³/mol. The minimum Gasteiger partial charge on any atom is -0.496 e. The van der Waals surface area contributed by atoms with Crippen LogP contribution in [-0.4, -0.2) is 60.4 Å². The van der Waals surface area contributed by atoms with Gasteiger partial charge in [-0.05, 0) is 67.3 Å². The van der Waals surface area contributed by atoms with Crippen molar-refractivity contribution in [3.05, 3.63) is 84.3 Å². The summed E-state index contributed by atoms with van der Waals surface area (Å²) in [7, 11) is -1.26. The molecule has 0 aliphatic rings. The average molecular weight is 559 g/mol. The van der Waals surface area contributed by atoms with Crippen LogP contribution in [0.15, 0.2) is 73.2 Å². The van der Waals surface area contributed by atoms with Crippen molar-refractivity contribution in [2.75, 3.05) is 37.5 Å². The Labute approximate surface area is 234 Å². The van der Waals surface area contributed by atoms with Gasteiger partial charge >= 0.3 is 0 Å². The van der Waals surface area contributed by atoms with Crippen molar-refractivity contribution in [3.63, 3.8) is 0 Å². The van der Waals surface area contributed by atoms with E-state index < -0.39 is 9.84 Å². The van der Waals surface area contributed by atoms with Crippen LogP contribution in [0.3, 0.4) is 0 Å². The number of benzene rings is 3. The lowest BCUT2D eigenvalue weighted by Gasteiger charge is -2.13. The fraction of sp³-hybridized carbons (Fsp3) is 0.300. The van der Waals surface area contributed by atoms with E-state index in [1.54, 1.807) is 13.4 Å². The molecule has 0 unspecified atom stereocenters. The maximum Gasteiger partial charge on any atom is 0.148 e. The Morgan fingerprint density at radius 2 is 1.82 bits per heavy atom. The number of fused-ring (bicyclic) bond motifs is 2. The maximum atomic E-state index is 11.2. The molecule has 5 rings (SSSR count). The number of hydrogen-bond acceptors (Lipinski definition) is 8. The van der Waals surface area contributed by atoms with E-state index in [2.05, 4.69) is 56.0 Å². The van der Waals surface area contributed by atoms with Gasteiger partial charge in [-0.2, -0.15) is 5.10 Å². The third-order valence-electron chi connectivity index (χ3n) is 6.82. The molecule has 208 valence electrons. The molecule has 2 aromatic heterocycles. The SMILES string of the molecule is COc1cc2c(Nc3ccc4c(cnn4Cc4ccccc4)c3)ncnc2cc1CCCCNCCS(C)(=O)=O. The smallest absolute Gasteiger partial charge is 0.148 e. The number of nitrogens with one attached hydrogen (secondary N) is 2. The largest absolute Gasteiger partial charge is 0.496 e. The maximum absolute atomic E-state index is 11.2. The van der Waals surface area contributed by atoms with Crippen molar-refractivity contribution in [2.24, 2.45) is 0 Å². The first kappa shape index (κ1) is 27.5. The minimum absolute atomic E-state index is 0.160. The van der Waals surface area contributed by atoms with Crippen molar-refractivity contribution in [3.8, 4) is 5.75 Å². The highest BCUT2D eigenvalue weighted by Crippen LogP contribution is 2.31. The van der Waals surface area contributed by atoms with Crippen molar-refractivity contribution in [2.45, 2.75) is 25.8 Å². The number of hydrogen-bond donors (Lipinski definition) is 2. The molecule has 9 nitrogen and oxygen atoms in total. The zero-order valence-corrected chi connectivity index (χ0v) is 23.6. The molecule has 0 radical (unpaired) electrons. The van der Waals surface area contributed by atoms with Gasteiger partial charge in [0.05, 0.1) is 36.6 Å². The Balaban J connectivity index is 1.27. The molecule has 40 heavy (non-hydrogen) atoms. The summed E-state index contributed by atoms with van der Waals surface area (Å²) in [6, 6.07) is 20.5. The van der Waals surface area contributed by atoms with Gasteiger partial charge < -0.3 is 15.4 Å². The van der Waals surface area contributed by atoms with Crippen molar-refractivity contribution < 1.29 is 13.2 Å². The first-order valence-electron chi connectivity index (χ1n) is 13.4. The molecular formula is C30H34N6O3S. The van der Waals surface area contributed by atoms with Crippen LogP contribution in [0.1, 0.15) is 24.0 Å². The molecule has 0 saturated heterocycles. The number of nitrogens with zero attached hydrogens (tertiary/aromatic N) is 4. The van der Waals surface area contributed by atoms with Crippen molar-refractivity contribution >= 4 is 43.1 Å². The Hall–Kier alpha value is -4.02. The van der Waals surface area contributed by atoms with Crippen LogP contribution < -0.4 is 15.4 Å². The fourth-order valence-electron chi connectivity index (χ4n) is 4.74. The molecule has 0 aliphatic heterocycles. The van der Waals surface area contributed by atoms with Crippen LogP contribution >= 0.6 is 0 Å². The fourth-order valence-corrected chi connectivity index (χ4v) is 5.26. The summed E-state index contributed by atoms with van der Waals surface area (Å²) in [6.45, 7) is 1.97. The summed E-state index contributed by atoms with van der Waals surface area (Å²) in [5.41, 5.74) is 5.12. The number of aromatic nitrogens is 4. The van der Waals surface area contributed by atoms with E-state index in [0.717, 1.165) is 71.2 Å². The van der Waals surface area contributed by atoms with Crippen LogP contribution in [0.5, 0.6) is 5.75 Å². The van der Waals surface area contributed by atoms with Crippen LogP contribution in [0, 0.1) is 0 Å². The van der Waals surface area contributed by atoms with Crippen molar-refractivity contribution in [1.82, 2.24) is 25.1 Å². The molecule has 2 heterocycles. The van der Waals surface area contributed by atoms with Crippen LogP contribution in [0.25, 0.3) is 21.8 Å². The summed E-state index contributed by atoms with van der Waals surface area (Å²) in [5.74, 6) is 1.67. The molecule has 0 saturated carbocycles. The molecule has 0 bridgehead atoms. The number of sulfone groups is 1. The second-order valence-corrected chi connectivity index (χ2v) is 12.2. The molecule has 5 aromatic rings. The number of aryl methyl sites for hydroxylation is 1. The van der Waals surface area contributed by atoms with E-state index in [4.69, 9.17) is 4.74 Å². The Bertz CT molecular complexity index is 1700. The molecule has 3 aromatic carbocycles. The van der Waals surface area contributed by atoms with Gasteiger partial charge in [-0.1, -0.05) is 30.3 Å². The zero-order valence-electron chi connectivity index (χ0n) is 22.8. The number of anilines is 2. The minimum atomic E-state index is -2.93. The van der Waals surface area contributed by atoms with Gasteiger partial charge in [-0.3, -0.25) is 4.68 Å². The van der Waals surface area contributed by atoms with Gasteiger partial charge in [0.15, 0.2) is 0 Å². The summed E-state index contributed by atoms with van der Waals surface area (Å²) in [6.07, 6.45) is 7.44. The standard InChI is InChI=1S/C30H34N6O3S/c1-39-29-18-26-27(17-23(29)10-6-7-13-31-14-15-40(2,37)38)32-21-33-30(26)35-25-11-12-28-24(16-25)19-34-36(28)20-22-8-4-3-5-9-22/h3-5,8-9,11-12,16-19,21,31H,6-7,10,13-15,20H2,1-2H3,(H,32,33,35). The first-order valence-corrected chi connectivity index (χ1v) is 15.4. The molecular weight excluding hydrogens is 524 g/mol. The molecule has 0 aliphatic carbocycles. The highest BCUT2D eigenvalue weighted by molar-refractivity contribution is 7.90. The van der Waals surface area contributed by atoms with Crippen molar-refractivity contribution in [1.29, 1.82) is 0 Å². The van der Waals surface area contributed by atoms with Gasteiger partial charge in [0.1, 0.15) is 27.7 Å². The number of ether oxygens (including phenoxy) is 1. The predicted octanol–water partition coefficient (Wildman–Crippen LogP) is 4.74.